The molecule has 0 radical (unpaired) electrons. The Bertz CT molecular complexity index is 488. The van der Waals surface area contributed by atoms with Crippen molar-refractivity contribution in [2.75, 3.05) is 24.5 Å². The summed E-state index contributed by atoms with van der Waals surface area (Å²) in [6, 6.07) is 11.1. The number of rotatable bonds is 4. The van der Waals surface area contributed by atoms with Gasteiger partial charge in [-0.1, -0.05) is 37.5 Å². The van der Waals surface area contributed by atoms with Crippen molar-refractivity contribution in [1.82, 2.24) is 4.90 Å². The molecule has 1 heterocycles. The second-order valence-electron chi connectivity index (χ2n) is 7.01. The Morgan fingerprint density at radius 2 is 1.70 bits per heavy atom. The van der Waals surface area contributed by atoms with E-state index in [1.54, 1.807) is 0 Å². The Morgan fingerprint density at radius 1 is 1.04 bits per heavy atom. The van der Waals surface area contributed by atoms with Crippen molar-refractivity contribution in [2.45, 2.75) is 57.9 Å². The largest absolute Gasteiger partial charge is 0.371 e. The third-order valence-electron chi connectivity index (χ3n) is 5.60. The van der Waals surface area contributed by atoms with E-state index in [9.17, 15) is 4.79 Å². The summed E-state index contributed by atoms with van der Waals surface area (Å²) in [4.78, 5) is 17.6. The summed E-state index contributed by atoms with van der Waals surface area (Å²) in [6.45, 7) is 5.03. The fraction of sp³-hybridized carbons (Fsp3) is 0.650. The van der Waals surface area contributed by atoms with E-state index < -0.39 is 0 Å². The van der Waals surface area contributed by atoms with Gasteiger partial charge in [0.25, 0.3) is 0 Å². The second kappa shape index (κ2) is 7.85. The molecule has 1 aliphatic heterocycles. The van der Waals surface area contributed by atoms with Gasteiger partial charge in [-0.25, -0.2) is 0 Å². The highest BCUT2D eigenvalue weighted by atomic mass is 16.2. The van der Waals surface area contributed by atoms with Gasteiger partial charge in [0.2, 0.25) is 5.91 Å². The quantitative estimate of drug-likeness (QED) is 0.836. The fourth-order valence-electron chi connectivity index (χ4n) is 4.24. The first-order chi connectivity index (χ1) is 11.3. The molecule has 3 heteroatoms. The van der Waals surface area contributed by atoms with E-state index in [1.165, 1.54) is 37.8 Å². The molecular formula is C20H30N2O. The molecule has 23 heavy (non-hydrogen) atoms. The number of carbonyl (C=O) groups is 1. The van der Waals surface area contributed by atoms with Gasteiger partial charge in [-0.05, 0) is 44.7 Å². The minimum absolute atomic E-state index is 0.233. The predicted molar refractivity (Wildman–Crippen MR) is 95.6 cm³/mol. The van der Waals surface area contributed by atoms with Gasteiger partial charge in [-0.3, -0.25) is 4.79 Å². The van der Waals surface area contributed by atoms with Crippen molar-refractivity contribution in [3.05, 3.63) is 30.3 Å². The summed E-state index contributed by atoms with van der Waals surface area (Å²) in [7, 11) is 0. The maximum atomic E-state index is 13.0. The fourth-order valence-corrected chi connectivity index (χ4v) is 4.24. The highest BCUT2D eigenvalue weighted by Crippen LogP contribution is 2.28. The number of hydrogen-bond donors (Lipinski definition) is 0. The number of benzene rings is 1. The Labute approximate surface area is 140 Å². The lowest BCUT2D eigenvalue weighted by atomic mass is 9.90. The van der Waals surface area contributed by atoms with Gasteiger partial charge in [-0.15, -0.1) is 0 Å². The summed E-state index contributed by atoms with van der Waals surface area (Å²) in [6.07, 6.45) is 8.35. The molecule has 0 bridgehead atoms. The molecule has 126 valence electrons. The average Bonchev–Trinajstić information content (AvgIpc) is 2.64. The molecule has 1 aromatic rings. The monoisotopic (exact) mass is 314 g/mol. The SMILES string of the molecule is CCN(C(=O)C1CCN(c2ccccc2)CC1)C1CCCCC1. The molecular weight excluding hydrogens is 284 g/mol. The summed E-state index contributed by atoms with van der Waals surface area (Å²) in [5.41, 5.74) is 1.29. The maximum Gasteiger partial charge on any atom is 0.226 e. The van der Waals surface area contributed by atoms with Crippen LogP contribution < -0.4 is 4.90 Å². The summed E-state index contributed by atoms with van der Waals surface area (Å²) >= 11 is 0. The van der Waals surface area contributed by atoms with Crippen LogP contribution in [0.3, 0.4) is 0 Å². The molecule has 3 rings (SSSR count). The van der Waals surface area contributed by atoms with Crippen LogP contribution in [-0.2, 0) is 4.79 Å². The molecule has 0 spiro atoms. The third kappa shape index (κ3) is 3.88. The van der Waals surface area contributed by atoms with Crippen LogP contribution in [0.1, 0.15) is 51.9 Å². The number of nitrogens with zero attached hydrogens (tertiary/aromatic N) is 2. The summed E-state index contributed by atoms with van der Waals surface area (Å²) in [5.74, 6) is 0.656. The molecule has 1 saturated heterocycles. The average molecular weight is 314 g/mol. The molecule has 2 fully saturated rings. The lowest BCUT2D eigenvalue weighted by Gasteiger charge is -2.39. The van der Waals surface area contributed by atoms with Crippen molar-refractivity contribution < 1.29 is 4.79 Å². The molecule has 0 atom stereocenters. The van der Waals surface area contributed by atoms with E-state index in [1.807, 2.05) is 0 Å². The molecule has 3 nitrogen and oxygen atoms in total. The van der Waals surface area contributed by atoms with Crippen LogP contribution in [0.5, 0.6) is 0 Å². The zero-order valence-electron chi connectivity index (χ0n) is 14.4. The van der Waals surface area contributed by atoms with E-state index in [4.69, 9.17) is 0 Å². The maximum absolute atomic E-state index is 13.0. The summed E-state index contributed by atoms with van der Waals surface area (Å²) < 4.78 is 0. The first-order valence-corrected chi connectivity index (χ1v) is 9.40. The third-order valence-corrected chi connectivity index (χ3v) is 5.60. The van der Waals surface area contributed by atoms with Crippen molar-refractivity contribution in [1.29, 1.82) is 0 Å². The molecule has 0 N–H and O–H groups in total. The van der Waals surface area contributed by atoms with Gasteiger partial charge in [-0.2, -0.15) is 0 Å². The molecule has 1 aromatic carbocycles. The van der Waals surface area contributed by atoms with E-state index in [2.05, 4.69) is 47.1 Å². The van der Waals surface area contributed by atoms with E-state index in [-0.39, 0.29) is 5.92 Å². The van der Waals surface area contributed by atoms with Crippen LogP contribution in [0.15, 0.2) is 30.3 Å². The van der Waals surface area contributed by atoms with Crippen molar-refractivity contribution in [3.8, 4) is 0 Å². The topological polar surface area (TPSA) is 23.6 Å². The lowest BCUT2D eigenvalue weighted by molar-refractivity contribution is -0.139. The second-order valence-corrected chi connectivity index (χ2v) is 7.01. The van der Waals surface area contributed by atoms with Gasteiger partial charge >= 0.3 is 0 Å². The highest BCUT2D eigenvalue weighted by Gasteiger charge is 2.31. The van der Waals surface area contributed by atoms with Crippen molar-refractivity contribution >= 4 is 11.6 Å². The minimum atomic E-state index is 0.233. The summed E-state index contributed by atoms with van der Waals surface area (Å²) in [5, 5.41) is 0. The van der Waals surface area contributed by atoms with Crippen LogP contribution in [0.4, 0.5) is 5.69 Å². The van der Waals surface area contributed by atoms with Gasteiger partial charge in [0.05, 0.1) is 0 Å². The number of amides is 1. The van der Waals surface area contributed by atoms with E-state index in [0.29, 0.717) is 11.9 Å². The van der Waals surface area contributed by atoms with Crippen LogP contribution in [0.2, 0.25) is 0 Å². The molecule has 0 aromatic heterocycles. The van der Waals surface area contributed by atoms with E-state index >= 15 is 0 Å². The normalized spacial score (nSPS) is 20.5. The Morgan fingerprint density at radius 3 is 2.30 bits per heavy atom. The zero-order chi connectivity index (χ0) is 16.1. The molecule has 1 saturated carbocycles. The number of para-hydroxylation sites is 1. The Kier molecular flexibility index (Phi) is 5.58. The number of anilines is 1. The van der Waals surface area contributed by atoms with Crippen LogP contribution in [0.25, 0.3) is 0 Å². The zero-order valence-corrected chi connectivity index (χ0v) is 14.4. The first-order valence-electron chi connectivity index (χ1n) is 9.40. The molecule has 1 amide bonds. The van der Waals surface area contributed by atoms with Gasteiger partial charge in [0, 0.05) is 37.3 Å². The number of hydrogen-bond acceptors (Lipinski definition) is 2. The number of carbonyl (C=O) groups excluding carboxylic acids is 1. The molecule has 2 aliphatic rings. The van der Waals surface area contributed by atoms with Crippen LogP contribution in [0, 0.1) is 5.92 Å². The Hall–Kier alpha value is -1.51. The standard InChI is InChI=1S/C20H30N2O/c1-2-22(19-11-7-4-8-12-19)20(23)17-13-15-21(16-14-17)18-9-5-3-6-10-18/h3,5-6,9-10,17,19H,2,4,7-8,11-16H2,1H3. The van der Waals surface area contributed by atoms with Gasteiger partial charge in [0.1, 0.15) is 0 Å². The predicted octanol–water partition coefficient (Wildman–Crippen LogP) is 4.08. The molecule has 1 aliphatic carbocycles. The van der Waals surface area contributed by atoms with Crippen molar-refractivity contribution in [2.24, 2.45) is 5.92 Å². The first kappa shape index (κ1) is 16.4. The highest BCUT2D eigenvalue weighted by molar-refractivity contribution is 5.79. The number of piperidine rings is 1. The van der Waals surface area contributed by atoms with E-state index in [0.717, 1.165) is 32.5 Å². The smallest absolute Gasteiger partial charge is 0.226 e. The lowest BCUT2D eigenvalue weighted by Crippen LogP contribution is -2.47. The van der Waals surface area contributed by atoms with Crippen LogP contribution >= 0.6 is 0 Å². The minimum Gasteiger partial charge on any atom is -0.371 e. The van der Waals surface area contributed by atoms with Gasteiger partial charge in [0.15, 0.2) is 0 Å². The molecule has 0 unspecified atom stereocenters. The van der Waals surface area contributed by atoms with Gasteiger partial charge < -0.3 is 9.80 Å². The van der Waals surface area contributed by atoms with Crippen LogP contribution in [-0.4, -0.2) is 36.5 Å². The van der Waals surface area contributed by atoms with Crippen molar-refractivity contribution in [3.63, 3.8) is 0 Å². The Balaban J connectivity index is 1.56.